The molecule has 1 N–H and O–H groups in total. The van der Waals surface area contributed by atoms with Crippen molar-refractivity contribution in [3.63, 3.8) is 0 Å². The Labute approximate surface area is 202 Å². The van der Waals surface area contributed by atoms with E-state index >= 15 is 0 Å². The van der Waals surface area contributed by atoms with E-state index in [0.29, 0.717) is 45.2 Å². The fourth-order valence-corrected chi connectivity index (χ4v) is 3.80. The van der Waals surface area contributed by atoms with Crippen molar-refractivity contribution < 1.29 is 23.8 Å². The van der Waals surface area contributed by atoms with Crippen LogP contribution in [0.3, 0.4) is 0 Å². The van der Waals surface area contributed by atoms with Crippen LogP contribution in [0, 0.1) is 6.92 Å². The van der Waals surface area contributed by atoms with Crippen LogP contribution in [0.5, 0.6) is 11.5 Å². The highest BCUT2D eigenvalue weighted by Gasteiger charge is 2.24. The molecule has 0 aliphatic heterocycles. The van der Waals surface area contributed by atoms with E-state index in [2.05, 4.69) is 10.4 Å². The normalized spacial score (nSPS) is 11.7. The number of aryl methyl sites for hydroxylation is 2. The number of carbonyl (C=O) groups is 2. The number of hydrogen-bond donors (Lipinski definition) is 1. The molecule has 180 valence electrons. The van der Waals surface area contributed by atoms with E-state index in [1.54, 1.807) is 42.9 Å². The molecule has 1 unspecified atom stereocenters. The zero-order valence-electron chi connectivity index (χ0n) is 20.2. The van der Waals surface area contributed by atoms with E-state index < -0.39 is 18.0 Å². The van der Waals surface area contributed by atoms with Gasteiger partial charge in [0.1, 0.15) is 0 Å². The van der Waals surface area contributed by atoms with Crippen LogP contribution in [-0.2, 0) is 16.6 Å². The van der Waals surface area contributed by atoms with Gasteiger partial charge in [-0.3, -0.25) is 9.48 Å². The third-order valence-corrected chi connectivity index (χ3v) is 5.56. The van der Waals surface area contributed by atoms with Crippen molar-refractivity contribution in [1.82, 2.24) is 14.8 Å². The standard InChI is InChI=1S/C26H26N4O5/c1-15-23-19(14-20(17-9-7-6-8-10-17)28-24(23)30(3)29-15)26(32)35-16(2)25(31)27-18-11-12-21(33-4)22(13-18)34-5/h6-14,16H,1-5H3,(H,27,31). The number of carbonyl (C=O) groups excluding carboxylic acids is 2. The van der Waals surface area contributed by atoms with Gasteiger partial charge in [-0.1, -0.05) is 30.3 Å². The van der Waals surface area contributed by atoms with Crippen molar-refractivity contribution in [2.45, 2.75) is 20.0 Å². The molecule has 2 aromatic heterocycles. The molecule has 4 rings (SSSR count). The lowest BCUT2D eigenvalue weighted by Crippen LogP contribution is -2.30. The smallest absolute Gasteiger partial charge is 0.339 e. The monoisotopic (exact) mass is 474 g/mol. The molecule has 9 heteroatoms. The maximum Gasteiger partial charge on any atom is 0.339 e. The van der Waals surface area contributed by atoms with Gasteiger partial charge in [0, 0.05) is 24.4 Å². The van der Waals surface area contributed by atoms with Crippen LogP contribution in [-0.4, -0.2) is 47.0 Å². The molecule has 0 bridgehead atoms. The Morgan fingerprint density at radius 1 is 1.00 bits per heavy atom. The molecule has 0 aliphatic rings. The van der Waals surface area contributed by atoms with Gasteiger partial charge in [0.15, 0.2) is 23.3 Å². The number of amides is 1. The Morgan fingerprint density at radius 3 is 2.40 bits per heavy atom. The number of nitrogens with zero attached hydrogens (tertiary/aromatic N) is 3. The number of benzene rings is 2. The summed E-state index contributed by atoms with van der Waals surface area (Å²) in [4.78, 5) is 30.7. The predicted molar refractivity (Wildman–Crippen MR) is 132 cm³/mol. The van der Waals surface area contributed by atoms with Gasteiger partial charge >= 0.3 is 5.97 Å². The number of nitrogens with one attached hydrogen (secondary N) is 1. The van der Waals surface area contributed by atoms with Crippen LogP contribution in [0.4, 0.5) is 5.69 Å². The number of ether oxygens (including phenoxy) is 3. The number of methoxy groups -OCH3 is 2. The molecule has 0 saturated heterocycles. The van der Waals surface area contributed by atoms with E-state index in [-0.39, 0.29) is 0 Å². The quantitative estimate of drug-likeness (QED) is 0.401. The summed E-state index contributed by atoms with van der Waals surface area (Å²) in [6.07, 6.45) is -1.06. The summed E-state index contributed by atoms with van der Waals surface area (Å²) in [7, 11) is 4.81. The van der Waals surface area contributed by atoms with E-state index in [0.717, 1.165) is 5.56 Å². The van der Waals surface area contributed by atoms with Crippen LogP contribution >= 0.6 is 0 Å². The lowest BCUT2D eigenvalue weighted by atomic mass is 10.1. The number of anilines is 1. The van der Waals surface area contributed by atoms with Crippen LogP contribution in [0.2, 0.25) is 0 Å². The highest BCUT2D eigenvalue weighted by atomic mass is 16.5. The third kappa shape index (κ3) is 4.79. The minimum absolute atomic E-state index is 0.296. The number of pyridine rings is 1. The highest BCUT2D eigenvalue weighted by Crippen LogP contribution is 2.30. The first-order valence-corrected chi connectivity index (χ1v) is 11.0. The second kappa shape index (κ2) is 9.84. The van der Waals surface area contributed by atoms with Crippen molar-refractivity contribution in [2.75, 3.05) is 19.5 Å². The molecule has 2 aromatic carbocycles. The maximum absolute atomic E-state index is 13.3. The summed E-state index contributed by atoms with van der Waals surface area (Å²) >= 11 is 0. The molecule has 0 saturated carbocycles. The van der Waals surface area contributed by atoms with Crippen molar-refractivity contribution in [3.8, 4) is 22.8 Å². The summed E-state index contributed by atoms with van der Waals surface area (Å²) in [6.45, 7) is 3.32. The zero-order valence-corrected chi connectivity index (χ0v) is 20.2. The van der Waals surface area contributed by atoms with E-state index in [1.165, 1.54) is 21.1 Å². The number of hydrogen-bond acceptors (Lipinski definition) is 7. The lowest BCUT2D eigenvalue weighted by Gasteiger charge is -2.15. The van der Waals surface area contributed by atoms with Gasteiger partial charge < -0.3 is 19.5 Å². The Kier molecular flexibility index (Phi) is 6.68. The van der Waals surface area contributed by atoms with Crippen molar-refractivity contribution >= 4 is 28.6 Å². The third-order valence-electron chi connectivity index (χ3n) is 5.56. The molecule has 0 aliphatic carbocycles. The Hall–Kier alpha value is -4.40. The van der Waals surface area contributed by atoms with Gasteiger partial charge in [-0.05, 0) is 32.0 Å². The maximum atomic E-state index is 13.3. The fraction of sp³-hybridized carbons (Fsp3) is 0.231. The first-order valence-electron chi connectivity index (χ1n) is 11.0. The van der Waals surface area contributed by atoms with Crippen molar-refractivity contribution in [2.24, 2.45) is 7.05 Å². The Balaban J connectivity index is 1.60. The van der Waals surface area contributed by atoms with Crippen LogP contribution in [0.1, 0.15) is 23.0 Å². The average Bonchev–Trinajstić information content (AvgIpc) is 3.16. The molecule has 35 heavy (non-hydrogen) atoms. The molecule has 2 heterocycles. The predicted octanol–water partition coefficient (Wildman–Crippen LogP) is 4.14. The van der Waals surface area contributed by atoms with Crippen LogP contribution < -0.4 is 14.8 Å². The highest BCUT2D eigenvalue weighted by molar-refractivity contribution is 6.06. The van der Waals surface area contributed by atoms with Gasteiger partial charge in [0.25, 0.3) is 5.91 Å². The summed E-state index contributed by atoms with van der Waals surface area (Å²) < 4.78 is 17.7. The summed E-state index contributed by atoms with van der Waals surface area (Å²) in [6, 6.07) is 16.2. The van der Waals surface area contributed by atoms with E-state index in [1.807, 2.05) is 30.3 Å². The lowest BCUT2D eigenvalue weighted by molar-refractivity contribution is -0.123. The molecule has 1 atom stereocenters. The zero-order chi connectivity index (χ0) is 25.1. The largest absolute Gasteiger partial charge is 0.493 e. The fourth-order valence-electron chi connectivity index (χ4n) is 3.80. The summed E-state index contributed by atoms with van der Waals surface area (Å²) in [5, 5.41) is 7.74. The topological polar surface area (TPSA) is 105 Å². The van der Waals surface area contributed by atoms with Gasteiger partial charge in [0.05, 0.1) is 36.6 Å². The second-order valence-electron chi connectivity index (χ2n) is 7.94. The Morgan fingerprint density at radius 2 is 1.71 bits per heavy atom. The molecule has 0 radical (unpaired) electrons. The van der Waals surface area contributed by atoms with Gasteiger partial charge in [0.2, 0.25) is 0 Å². The van der Waals surface area contributed by atoms with E-state index in [9.17, 15) is 9.59 Å². The van der Waals surface area contributed by atoms with E-state index in [4.69, 9.17) is 19.2 Å². The molecule has 0 spiro atoms. The molecule has 9 nitrogen and oxygen atoms in total. The van der Waals surface area contributed by atoms with Crippen molar-refractivity contribution in [3.05, 3.63) is 65.9 Å². The van der Waals surface area contributed by atoms with Gasteiger partial charge in [-0.2, -0.15) is 5.10 Å². The minimum atomic E-state index is -1.06. The summed E-state index contributed by atoms with van der Waals surface area (Å²) in [5.74, 6) is -0.120. The number of aromatic nitrogens is 3. The number of rotatable bonds is 7. The number of esters is 1. The Bertz CT molecular complexity index is 1400. The van der Waals surface area contributed by atoms with Crippen molar-refractivity contribution in [1.29, 1.82) is 0 Å². The molecular weight excluding hydrogens is 448 g/mol. The molecule has 4 aromatic rings. The molecule has 1 amide bonds. The SMILES string of the molecule is COc1ccc(NC(=O)C(C)OC(=O)c2cc(-c3ccccc3)nc3c2c(C)nn3C)cc1OC. The van der Waals surface area contributed by atoms with Gasteiger partial charge in [-0.15, -0.1) is 0 Å². The number of fused-ring (bicyclic) bond motifs is 1. The molecular formula is C26H26N4O5. The van der Waals surface area contributed by atoms with Crippen LogP contribution in [0.25, 0.3) is 22.3 Å². The first kappa shape index (κ1) is 23.7. The summed E-state index contributed by atoms with van der Waals surface area (Å²) in [5.41, 5.74) is 3.43. The molecule has 0 fully saturated rings. The first-order chi connectivity index (χ1) is 16.8. The van der Waals surface area contributed by atoms with Gasteiger partial charge in [-0.25, -0.2) is 9.78 Å². The van der Waals surface area contributed by atoms with Crippen LogP contribution in [0.15, 0.2) is 54.6 Å². The minimum Gasteiger partial charge on any atom is -0.493 e. The average molecular weight is 475 g/mol. The second-order valence-corrected chi connectivity index (χ2v) is 7.94.